The molecule has 2 heterocycles. The minimum absolute atomic E-state index is 0.0476. The molecule has 0 spiro atoms. The number of anilines is 1. The van der Waals surface area contributed by atoms with Crippen LogP contribution in [0.4, 0.5) is 19.1 Å². The molecule has 0 unspecified atom stereocenters. The molecule has 3 N–H and O–H groups in total. The third kappa shape index (κ3) is 5.48. The van der Waals surface area contributed by atoms with Crippen molar-refractivity contribution < 1.29 is 27.5 Å². The molecule has 164 valence electrons. The Labute approximate surface area is 171 Å². The minimum atomic E-state index is -4.83. The van der Waals surface area contributed by atoms with Gasteiger partial charge in [0.05, 0.1) is 23.6 Å². The SMILES string of the molecule is CC(C)(C)NCC(=O)N(C(=O)[C@H]1CCCN1)c1nc2ccc(OC(F)(F)F)cc2[nH]1. The normalized spacial score (nSPS) is 17.3. The Bertz CT molecular complexity index is 930. The van der Waals surface area contributed by atoms with Crippen molar-refractivity contribution in [3.8, 4) is 5.75 Å². The highest BCUT2D eigenvalue weighted by Crippen LogP contribution is 2.27. The first kappa shape index (κ1) is 22.0. The number of halogens is 3. The zero-order chi connectivity index (χ0) is 22.1. The van der Waals surface area contributed by atoms with Crippen LogP contribution in [0, 0.1) is 0 Å². The van der Waals surface area contributed by atoms with Gasteiger partial charge >= 0.3 is 6.36 Å². The van der Waals surface area contributed by atoms with Gasteiger partial charge < -0.3 is 20.4 Å². The summed E-state index contributed by atoms with van der Waals surface area (Å²) in [5.74, 6) is -1.46. The van der Waals surface area contributed by atoms with Gasteiger partial charge in [-0.15, -0.1) is 13.2 Å². The molecule has 0 aliphatic carbocycles. The van der Waals surface area contributed by atoms with Crippen LogP contribution < -0.4 is 20.3 Å². The van der Waals surface area contributed by atoms with Gasteiger partial charge in [-0.25, -0.2) is 9.88 Å². The first-order valence-electron chi connectivity index (χ1n) is 9.54. The van der Waals surface area contributed by atoms with Crippen LogP contribution in [-0.4, -0.2) is 52.8 Å². The van der Waals surface area contributed by atoms with E-state index in [1.54, 1.807) is 0 Å². The van der Waals surface area contributed by atoms with Crippen LogP contribution in [0.15, 0.2) is 18.2 Å². The molecule has 30 heavy (non-hydrogen) atoms. The third-order valence-electron chi connectivity index (χ3n) is 4.48. The molecule has 0 radical (unpaired) electrons. The standard InChI is InChI=1S/C19H24F3N5O3/c1-18(2,3)24-10-15(28)27(16(29)13-5-4-8-23-13)17-25-12-7-6-11(9-14(12)26-17)30-19(20,21)22/h6-7,9,13,23-24H,4-5,8,10H2,1-3H3,(H,25,26)/t13-/m1/s1. The van der Waals surface area contributed by atoms with Crippen molar-refractivity contribution in [3.05, 3.63) is 18.2 Å². The van der Waals surface area contributed by atoms with E-state index in [1.165, 1.54) is 6.07 Å². The van der Waals surface area contributed by atoms with Gasteiger partial charge in [0, 0.05) is 11.6 Å². The zero-order valence-corrected chi connectivity index (χ0v) is 16.9. The number of H-pyrrole nitrogens is 1. The molecule has 2 amide bonds. The second-order valence-electron chi connectivity index (χ2n) is 8.11. The van der Waals surface area contributed by atoms with Gasteiger partial charge in [-0.3, -0.25) is 9.59 Å². The molecule has 1 aliphatic rings. The Kier molecular flexibility index (Phi) is 6.04. The highest BCUT2D eigenvalue weighted by molar-refractivity contribution is 6.16. The van der Waals surface area contributed by atoms with Gasteiger partial charge in [-0.05, 0) is 52.3 Å². The number of carbonyl (C=O) groups is 2. The highest BCUT2D eigenvalue weighted by Gasteiger charge is 2.34. The first-order valence-corrected chi connectivity index (χ1v) is 9.54. The van der Waals surface area contributed by atoms with Crippen molar-refractivity contribution in [1.82, 2.24) is 20.6 Å². The monoisotopic (exact) mass is 427 g/mol. The van der Waals surface area contributed by atoms with Gasteiger partial charge in [0.1, 0.15) is 5.75 Å². The second kappa shape index (κ2) is 8.23. The number of nitrogens with zero attached hydrogens (tertiary/aromatic N) is 2. The number of imidazole rings is 1. The highest BCUT2D eigenvalue weighted by atomic mass is 19.4. The number of carbonyl (C=O) groups excluding carboxylic acids is 2. The zero-order valence-electron chi connectivity index (χ0n) is 16.9. The quantitative estimate of drug-likeness (QED) is 0.678. The summed E-state index contributed by atoms with van der Waals surface area (Å²) in [7, 11) is 0. The number of amides is 2. The fourth-order valence-corrected chi connectivity index (χ4v) is 3.09. The number of alkyl halides is 3. The Morgan fingerprint density at radius 2 is 2.03 bits per heavy atom. The Hall–Kier alpha value is -2.66. The lowest BCUT2D eigenvalue weighted by Gasteiger charge is -2.25. The fraction of sp³-hybridized carbons (Fsp3) is 0.526. The summed E-state index contributed by atoms with van der Waals surface area (Å²) in [5.41, 5.74) is 0.155. The van der Waals surface area contributed by atoms with Crippen LogP contribution in [-0.2, 0) is 9.59 Å². The number of benzene rings is 1. The number of imide groups is 1. The van der Waals surface area contributed by atoms with Crippen LogP contribution >= 0.6 is 0 Å². The molecule has 1 fully saturated rings. The molecule has 11 heteroatoms. The van der Waals surface area contributed by atoms with Crippen molar-refractivity contribution >= 4 is 28.8 Å². The molecule has 0 bridgehead atoms. The number of nitrogens with one attached hydrogen (secondary N) is 3. The van der Waals surface area contributed by atoms with Crippen LogP contribution in [0.3, 0.4) is 0 Å². The fourth-order valence-electron chi connectivity index (χ4n) is 3.09. The molecule has 2 aromatic rings. The molecule has 8 nitrogen and oxygen atoms in total. The van der Waals surface area contributed by atoms with E-state index in [1.807, 2.05) is 20.8 Å². The molecular weight excluding hydrogens is 403 g/mol. The van der Waals surface area contributed by atoms with E-state index in [0.717, 1.165) is 23.5 Å². The van der Waals surface area contributed by atoms with Crippen molar-refractivity contribution in [2.45, 2.75) is 51.6 Å². The minimum Gasteiger partial charge on any atom is -0.406 e. The number of hydrogen-bond donors (Lipinski definition) is 3. The summed E-state index contributed by atoms with van der Waals surface area (Å²) in [6, 6.07) is 3.04. The second-order valence-corrected chi connectivity index (χ2v) is 8.11. The van der Waals surface area contributed by atoms with Crippen molar-refractivity contribution in [1.29, 1.82) is 0 Å². The van der Waals surface area contributed by atoms with E-state index in [0.29, 0.717) is 18.5 Å². The molecule has 1 aromatic carbocycles. The number of aromatic amines is 1. The summed E-state index contributed by atoms with van der Waals surface area (Å²) in [5, 5.41) is 6.09. The molecule has 1 aromatic heterocycles. The number of aromatic nitrogens is 2. The lowest BCUT2D eigenvalue weighted by molar-refractivity contribution is -0.274. The lowest BCUT2D eigenvalue weighted by Crippen LogP contribution is -2.52. The van der Waals surface area contributed by atoms with E-state index in [2.05, 4.69) is 25.3 Å². The largest absolute Gasteiger partial charge is 0.573 e. The predicted octanol–water partition coefficient (Wildman–Crippen LogP) is 2.46. The summed E-state index contributed by atoms with van der Waals surface area (Å²) in [6.07, 6.45) is -3.45. The number of fused-ring (bicyclic) bond motifs is 1. The smallest absolute Gasteiger partial charge is 0.406 e. The predicted molar refractivity (Wildman–Crippen MR) is 104 cm³/mol. The Morgan fingerprint density at radius 3 is 2.63 bits per heavy atom. The lowest BCUT2D eigenvalue weighted by atomic mass is 10.1. The van der Waals surface area contributed by atoms with Crippen LogP contribution in [0.5, 0.6) is 5.75 Å². The van der Waals surface area contributed by atoms with Gasteiger partial charge in [-0.2, -0.15) is 0 Å². The van der Waals surface area contributed by atoms with E-state index in [4.69, 9.17) is 0 Å². The summed E-state index contributed by atoms with van der Waals surface area (Å²) < 4.78 is 41.4. The Balaban J connectivity index is 1.92. The molecule has 1 atom stereocenters. The maximum Gasteiger partial charge on any atom is 0.573 e. The third-order valence-corrected chi connectivity index (χ3v) is 4.48. The molecule has 0 saturated carbocycles. The average Bonchev–Trinajstić information content (AvgIpc) is 3.27. The first-order chi connectivity index (χ1) is 13.9. The van der Waals surface area contributed by atoms with Crippen LogP contribution in [0.25, 0.3) is 11.0 Å². The van der Waals surface area contributed by atoms with Crippen LogP contribution in [0.1, 0.15) is 33.6 Å². The average molecular weight is 427 g/mol. The summed E-state index contributed by atoms with van der Waals surface area (Å²) in [6.45, 7) is 6.20. The number of ether oxygens (including phenoxy) is 1. The summed E-state index contributed by atoms with van der Waals surface area (Å²) in [4.78, 5) is 33.9. The van der Waals surface area contributed by atoms with Crippen molar-refractivity contribution in [3.63, 3.8) is 0 Å². The van der Waals surface area contributed by atoms with Crippen LogP contribution in [0.2, 0.25) is 0 Å². The van der Waals surface area contributed by atoms with Gasteiger partial charge in [0.25, 0.3) is 5.91 Å². The van der Waals surface area contributed by atoms with Crippen molar-refractivity contribution in [2.24, 2.45) is 0 Å². The number of hydrogen-bond acceptors (Lipinski definition) is 6. The molecule has 3 rings (SSSR count). The van der Waals surface area contributed by atoms with Gasteiger partial charge in [-0.1, -0.05) is 0 Å². The topological polar surface area (TPSA) is 99.4 Å². The van der Waals surface area contributed by atoms with E-state index < -0.39 is 30.0 Å². The number of rotatable bonds is 5. The molecule has 1 aliphatic heterocycles. The van der Waals surface area contributed by atoms with Gasteiger partial charge in [0.15, 0.2) is 0 Å². The Morgan fingerprint density at radius 1 is 1.30 bits per heavy atom. The maximum atomic E-state index is 13.0. The maximum absolute atomic E-state index is 13.0. The molecular formula is C19H24F3N5O3. The summed E-state index contributed by atoms with van der Waals surface area (Å²) >= 11 is 0. The van der Waals surface area contributed by atoms with E-state index >= 15 is 0 Å². The molecule has 1 saturated heterocycles. The van der Waals surface area contributed by atoms with E-state index in [-0.39, 0.29) is 23.5 Å². The van der Waals surface area contributed by atoms with Crippen molar-refractivity contribution in [2.75, 3.05) is 18.0 Å². The van der Waals surface area contributed by atoms with Gasteiger partial charge in [0.2, 0.25) is 11.9 Å². The van der Waals surface area contributed by atoms with E-state index in [9.17, 15) is 22.8 Å².